The molecule has 0 radical (unpaired) electrons. The maximum atomic E-state index is 3.51. The highest BCUT2D eigenvalue weighted by molar-refractivity contribution is 9.10. The van der Waals surface area contributed by atoms with E-state index < -0.39 is 0 Å². The fraction of sp³-hybridized carbons (Fsp3) is 0.647. The second kappa shape index (κ2) is 5.77. The van der Waals surface area contributed by atoms with Gasteiger partial charge in [0.25, 0.3) is 0 Å². The summed E-state index contributed by atoms with van der Waals surface area (Å²) < 4.78 is 1.18. The van der Waals surface area contributed by atoms with Gasteiger partial charge < -0.3 is 0 Å². The van der Waals surface area contributed by atoms with Gasteiger partial charge in [-0.1, -0.05) is 48.8 Å². The van der Waals surface area contributed by atoms with Crippen molar-refractivity contribution in [3.8, 4) is 0 Å². The summed E-state index contributed by atoms with van der Waals surface area (Å²) in [5.74, 6) is 1.64. The molecule has 1 aliphatic carbocycles. The first-order chi connectivity index (χ1) is 8.46. The van der Waals surface area contributed by atoms with Crippen molar-refractivity contribution in [3.63, 3.8) is 0 Å². The molecule has 1 heteroatoms. The van der Waals surface area contributed by atoms with Crippen molar-refractivity contribution in [2.75, 3.05) is 0 Å². The average molecular weight is 309 g/mol. The van der Waals surface area contributed by atoms with Gasteiger partial charge in [0, 0.05) is 4.47 Å². The minimum Gasteiger partial charge on any atom is -0.0599 e. The monoisotopic (exact) mass is 308 g/mol. The van der Waals surface area contributed by atoms with Crippen molar-refractivity contribution < 1.29 is 0 Å². The van der Waals surface area contributed by atoms with Crippen LogP contribution in [0.15, 0.2) is 28.7 Å². The summed E-state index contributed by atoms with van der Waals surface area (Å²) in [5.41, 5.74) is 2.08. The normalized spacial score (nSPS) is 21.8. The van der Waals surface area contributed by atoms with E-state index in [-0.39, 0.29) is 0 Å². The van der Waals surface area contributed by atoms with Crippen molar-refractivity contribution >= 4 is 15.9 Å². The first kappa shape index (κ1) is 14.1. The predicted molar refractivity (Wildman–Crippen MR) is 82.9 cm³/mol. The molecule has 0 amide bonds. The lowest BCUT2D eigenvalue weighted by Crippen LogP contribution is -2.22. The number of benzene rings is 1. The van der Waals surface area contributed by atoms with Crippen LogP contribution >= 0.6 is 15.9 Å². The number of halogens is 1. The van der Waals surface area contributed by atoms with Gasteiger partial charge in [-0.15, -0.1) is 0 Å². The van der Waals surface area contributed by atoms with Crippen molar-refractivity contribution in [2.45, 2.75) is 58.8 Å². The van der Waals surface area contributed by atoms with Gasteiger partial charge in [0.15, 0.2) is 0 Å². The average Bonchev–Trinajstić information content (AvgIpc) is 2.33. The smallest absolute Gasteiger partial charge is 0.0175 e. The van der Waals surface area contributed by atoms with E-state index in [9.17, 15) is 0 Å². The van der Waals surface area contributed by atoms with Crippen LogP contribution in [-0.4, -0.2) is 0 Å². The van der Waals surface area contributed by atoms with E-state index in [1.807, 2.05) is 0 Å². The zero-order valence-electron chi connectivity index (χ0n) is 11.9. The van der Waals surface area contributed by atoms with Crippen LogP contribution < -0.4 is 0 Å². The lowest BCUT2D eigenvalue weighted by molar-refractivity contribution is 0.180. The molecule has 2 rings (SSSR count). The molecule has 0 unspecified atom stereocenters. The van der Waals surface area contributed by atoms with Crippen LogP contribution in [0.2, 0.25) is 0 Å². The van der Waals surface area contributed by atoms with E-state index in [4.69, 9.17) is 0 Å². The Kier molecular flexibility index (Phi) is 4.53. The van der Waals surface area contributed by atoms with E-state index in [2.05, 4.69) is 61.0 Å². The van der Waals surface area contributed by atoms with Crippen LogP contribution in [0.1, 0.15) is 64.4 Å². The molecule has 1 aromatic carbocycles. The minimum atomic E-state index is 0.595. The Morgan fingerprint density at radius 2 is 1.72 bits per heavy atom. The second-order valence-corrected chi connectivity index (χ2v) is 7.71. The summed E-state index contributed by atoms with van der Waals surface area (Å²) >= 11 is 3.51. The molecule has 1 aliphatic rings. The van der Waals surface area contributed by atoms with Crippen LogP contribution in [0.5, 0.6) is 0 Å². The summed E-state index contributed by atoms with van der Waals surface area (Å²) in [6.45, 7) is 7.21. The molecule has 0 aliphatic heterocycles. The standard InChI is InChI=1S/C17H25Br/c1-13(15-4-6-16(18)7-5-15)12-14-8-10-17(2,3)11-9-14/h4-7,13-14H,8-12H2,1-3H3/t13-/m0/s1. The number of rotatable bonds is 3. The summed E-state index contributed by atoms with van der Waals surface area (Å²) in [5, 5.41) is 0. The first-order valence-electron chi connectivity index (χ1n) is 7.22. The molecule has 1 atom stereocenters. The molecule has 0 N–H and O–H groups in total. The molecule has 0 heterocycles. The van der Waals surface area contributed by atoms with Gasteiger partial charge in [0.2, 0.25) is 0 Å². The Bertz CT molecular complexity index is 367. The van der Waals surface area contributed by atoms with Gasteiger partial charge in [-0.05, 0) is 67.1 Å². The molecular weight excluding hydrogens is 284 g/mol. The van der Waals surface area contributed by atoms with Crippen molar-refractivity contribution in [1.29, 1.82) is 0 Å². The Morgan fingerprint density at radius 3 is 2.28 bits per heavy atom. The van der Waals surface area contributed by atoms with Crippen molar-refractivity contribution in [1.82, 2.24) is 0 Å². The Morgan fingerprint density at radius 1 is 1.17 bits per heavy atom. The zero-order valence-corrected chi connectivity index (χ0v) is 13.5. The third kappa shape index (κ3) is 3.85. The van der Waals surface area contributed by atoms with Gasteiger partial charge in [0.05, 0.1) is 0 Å². The van der Waals surface area contributed by atoms with Gasteiger partial charge in [-0.25, -0.2) is 0 Å². The van der Waals surface area contributed by atoms with E-state index in [1.165, 1.54) is 42.1 Å². The quantitative estimate of drug-likeness (QED) is 0.627. The topological polar surface area (TPSA) is 0 Å². The lowest BCUT2D eigenvalue weighted by Gasteiger charge is -2.35. The molecule has 18 heavy (non-hydrogen) atoms. The van der Waals surface area contributed by atoms with Crippen LogP contribution in [0, 0.1) is 11.3 Å². The molecule has 0 bridgehead atoms. The molecule has 0 spiro atoms. The minimum absolute atomic E-state index is 0.595. The van der Waals surface area contributed by atoms with Gasteiger partial charge in [-0.2, -0.15) is 0 Å². The maximum Gasteiger partial charge on any atom is 0.0175 e. The Balaban J connectivity index is 1.88. The summed E-state index contributed by atoms with van der Waals surface area (Å²) in [6.07, 6.45) is 7.02. The first-order valence-corrected chi connectivity index (χ1v) is 8.01. The molecule has 0 saturated heterocycles. The zero-order chi connectivity index (χ0) is 13.2. The molecule has 100 valence electrons. The second-order valence-electron chi connectivity index (χ2n) is 6.80. The maximum absolute atomic E-state index is 3.51. The van der Waals surface area contributed by atoms with Gasteiger partial charge >= 0.3 is 0 Å². The highest BCUT2D eigenvalue weighted by atomic mass is 79.9. The molecule has 1 saturated carbocycles. The van der Waals surface area contributed by atoms with Crippen LogP contribution in [0.3, 0.4) is 0 Å². The molecule has 1 aromatic rings. The van der Waals surface area contributed by atoms with Crippen LogP contribution in [0.25, 0.3) is 0 Å². The molecular formula is C17H25Br. The van der Waals surface area contributed by atoms with Crippen LogP contribution in [0.4, 0.5) is 0 Å². The van der Waals surface area contributed by atoms with E-state index in [0.29, 0.717) is 11.3 Å². The number of hydrogen-bond acceptors (Lipinski definition) is 0. The molecule has 0 aromatic heterocycles. The van der Waals surface area contributed by atoms with Crippen molar-refractivity contribution in [2.24, 2.45) is 11.3 Å². The predicted octanol–water partition coefficient (Wildman–Crippen LogP) is 6.16. The fourth-order valence-corrected chi connectivity index (χ4v) is 3.39. The van der Waals surface area contributed by atoms with E-state index in [0.717, 1.165) is 5.92 Å². The van der Waals surface area contributed by atoms with Gasteiger partial charge in [-0.3, -0.25) is 0 Å². The van der Waals surface area contributed by atoms with E-state index >= 15 is 0 Å². The summed E-state index contributed by atoms with van der Waals surface area (Å²) in [7, 11) is 0. The third-order valence-electron chi connectivity index (χ3n) is 4.58. The third-order valence-corrected chi connectivity index (χ3v) is 5.11. The summed E-state index contributed by atoms with van der Waals surface area (Å²) in [4.78, 5) is 0. The Hall–Kier alpha value is -0.300. The Labute approximate surface area is 120 Å². The van der Waals surface area contributed by atoms with Crippen molar-refractivity contribution in [3.05, 3.63) is 34.3 Å². The molecule has 0 nitrogen and oxygen atoms in total. The van der Waals surface area contributed by atoms with E-state index in [1.54, 1.807) is 0 Å². The highest BCUT2D eigenvalue weighted by Crippen LogP contribution is 2.41. The highest BCUT2D eigenvalue weighted by Gasteiger charge is 2.27. The fourth-order valence-electron chi connectivity index (χ4n) is 3.12. The SMILES string of the molecule is C[C@@H](CC1CCC(C)(C)CC1)c1ccc(Br)cc1. The largest absolute Gasteiger partial charge is 0.0599 e. The summed E-state index contributed by atoms with van der Waals surface area (Å²) in [6, 6.07) is 8.86. The number of hydrogen-bond donors (Lipinski definition) is 0. The molecule has 1 fully saturated rings. The van der Waals surface area contributed by atoms with Crippen LogP contribution in [-0.2, 0) is 0 Å². The van der Waals surface area contributed by atoms with Gasteiger partial charge in [0.1, 0.15) is 0 Å². The lowest BCUT2D eigenvalue weighted by atomic mass is 9.71.